The topological polar surface area (TPSA) is 9.23 Å². The fraction of sp³-hybridized carbons (Fsp3) is 1.00. The van der Waals surface area contributed by atoms with Gasteiger partial charge in [-0.1, -0.05) is 13.8 Å². The molecule has 0 aromatic carbocycles. The predicted molar refractivity (Wildman–Crippen MR) is 61.8 cm³/mol. The third kappa shape index (κ3) is 3.78. The molecule has 84 valence electrons. The third-order valence-corrected chi connectivity index (χ3v) is 3.72. The first kappa shape index (κ1) is 12.3. The van der Waals surface area contributed by atoms with Gasteiger partial charge in [0, 0.05) is 18.6 Å². The van der Waals surface area contributed by atoms with Gasteiger partial charge in [-0.05, 0) is 43.9 Å². The molecule has 2 unspecified atom stereocenters. The molecule has 1 nitrogen and oxygen atoms in total. The van der Waals surface area contributed by atoms with Gasteiger partial charge < -0.3 is 4.74 Å². The van der Waals surface area contributed by atoms with E-state index in [2.05, 4.69) is 20.8 Å². The first-order chi connectivity index (χ1) is 6.61. The number of alkyl halides is 1. The van der Waals surface area contributed by atoms with Crippen molar-refractivity contribution in [3.8, 4) is 0 Å². The van der Waals surface area contributed by atoms with E-state index < -0.39 is 0 Å². The molecule has 1 heterocycles. The zero-order chi connectivity index (χ0) is 10.6. The molecule has 0 saturated carbocycles. The second-order valence-corrected chi connectivity index (χ2v) is 5.57. The molecule has 0 spiro atoms. The van der Waals surface area contributed by atoms with Crippen LogP contribution in [0.3, 0.4) is 0 Å². The summed E-state index contributed by atoms with van der Waals surface area (Å²) < 4.78 is 5.37. The zero-order valence-corrected chi connectivity index (χ0v) is 10.4. The maximum absolute atomic E-state index is 6.23. The molecule has 2 atom stereocenters. The number of halogens is 1. The summed E-state index contributed by atoms with van der Waals surface area (Å²) >= 11 is 6.23. The molecular weight excluding hydrogens is 196 g/mol. The average Bonchev–Trinajstić information content (AvgIpc) is 2.15. The number of hydrogen-bond donors (Lipinski definition) is 0. The van der Waals surface area contributed by atoms with E-state index in [1.807, 2.05) is 0 Å². The second-order valence-electron chi connectivity index (χ2n) is 4.88. The molecule has 0 aliphatic carbocycles. The van der Waals surface area contributed by atoms with Crippen LogP contribution in [-0.2, 0) is 4.74 Å². The summed E-state index contributed by atoms with van der Waals surface area (Å²) in [6.45, 7) is 8.59. The Labute approximate surface area is 93.2 Å². The summed E-state index contributed by atoms with van der Waals surface area (Å²) in [4.78, 5) is 0. The Balaban J connectivity index is 2.37. The molecule has 0 amide bonds. The van der Waals surface area contributed by atoms with Crippen LogP contribution < -0.4 is 0 Å². The lowest BCUT2D eigenvalue weighted by atomic mass is 9.81. The fourth-order valence-electron chi connectivity index (χ4n) is 2.36. The lowest BCUT2D eigenvalue weighted by Gasteiger charge is -2.30. The first-order valence-corrected chi connectivity index (χ1v) is 6.26. The minimum atomic E-state index is 0.304. The van der Waals surface area contributed by atoms with E-state index in [4.69, 9.17) is 16.3 Å². The van der Waals surface area contributed by atoms with E-state index in [1.165, 1.54) is 19.3 Å². The maximum Gasteiger partial charge on any atom is 0.0468 e. The van der Waals surface area contributed by atoms with Gasteiger partial charge in [-0.2, -0.15) is 0 Å². The smallest absolute Gasteiger partial charge is 0.0468 e. The molecule has 1 fully saturated rings. The van der Waals surface area contributed by atoms with Crippen LogP contribution in [0.15, 0.2) is 0 Å². The molecule has 1 aliphatic rings. The molecule has 0 aromatic rings. The molecule has 0 aromatic heterocycles. The highest BCUT2D eigenvalue weighted by atomic mass is 35.5. The fourth-order valence-corrected chi connectivity index (χ4v) is 2.75. The van der Waals surface area contributed by atoms with Crippen molar-refractivity contribution in [2.24, 2.45) is 17.8 Å². The Morgan fingerprint density at radius 1 is 1.21 bits per heavy atom. The van der Waals surface area contributed by atoms with Gasteiger partial charge in [0.1, 0.15) is 0 Å². The van der Waals surface area contributed by atoms with Crippen LogP contribution in [0.4, 0.5) is 0 Å². The summed E-state index contributed by atoms with van der Waals surface area (Å²) in [5.74, 6) is 2.21. The van der Waals surface area contributed by atoms with Crippen LogP contribution in [0.5, 0.6) is 0 Å². The Morgan fingerprint density at radius 3 is 2.21 bits per heavy atom. The molecule has 0 bridgehead atoms. The largest absolute Gasteiger partial charge is 0.381 e. The third-order valence-electron chi connectivity index (χ3n) is 3.39. The molecule has 1 aliphatic heterocycles. The van der Waals surface area contributed by atoms with Gasteiger partial charge in [-0.25, -0.2) is 0 Å². The van der Waals surface area contributed by atoms with Crippen molar-refractivity contribution in [2.45, 2.75) is 45.4 Å². The van der Waals surface area contributed by atoms with Crippen LogP contribution in [0.25, 0.3) is 0 Å². The van der Waals surface area contributed by atoms with Gasteiger partial charge in [-0.15, -0.1) is 11.6 Å². The van der Waals surface area contributed by atoms with Crippen molar-refractivity contribution in [3.63, 3.8) is 0 Å². The molecule has 2 heteroatoms. The van der Waals surface area contributed by atoms with Crippen molar-refractivity contribution in [2.75, 3.05) is 13.2 Å². The molecule has 14 heavy (non-hydrogen) atoms. The van der Waals surface area contributed by atoms with Crippen molar-refractivity contribution in [1.82, 2.24) is 0 Å². The summed E-state index contributed by atoms with van der Waals surface area (Å²) in [7, 11) is 0. The average molecular weight is 219 g/mol. The standard InChI is InChI=1S/C12H23ClO/c1-9(2)12(10(3)13)8-11-4-6-14-7-5-11/h9-12H,4-8H2,1-3H3. The number of hydrogen-bond acceptors (Lipinski definition) is 1. The van der Waals surface area contributed by atoms with Crippen LogP contribution in [0.1, 0.15) is 40.0 Å². The van der Waals surface area contributed by atoms with Gasteiger partial charge in [0.15, 0.2) is 0 Å². The van der Waals surface area contributed by atoms with E-state index in [9.17, 15) is 0 Å². The van der Waals surface area contributed by atoms with Gasteiger partial charge in [-0.3, -0.25) is 0 Å². The Hall–Kier alpha value is 0.250. The Morgan fingerprint density at radius 2 is 1.79 bits per heavy atom. The van der Waals surface area contributed by atoms with E-state index >= 15 is 0 Å². The van der Waals surface area contributed by atoms with Crippen molar-refractivity contribution < 1.29 is 4.74 Å². The van der Waals surface area contributed by atoms with Gasteiger partial charge in [0.25, 0.3) is 0 Å². The lowest BCUT2D eigenvalue weighted by molar-refractivity contribution is 0.0557. The quantitative estimate of drug-likeness (QED) is 0.654. The minimum Gasteiger partial charge on any atom is -0.381 e. The van der Waals surface area contributed by atoms with E-state index in [0.717, 1.165) is 19.1 Å². The SMILES string of the molecule is CC(C)C(CC1CCOCC1)C(C)Cl. The predicted octanol–water partition coefficient (Wildman–Crippen LogP) is 3.70. The van der Waals surface area contributed by atoms with Gasteiger partial charge in [0.05, 0.1) is 0 Å². The minimum absolute atomic E-state index is 0.304. The summed E-state index contributed by atoms with van der Waals surface area (Å²) in [6.07, 6.45) is 3.74. The monoisotopic (exact) mass is 218 g/mol. The highest BCUT2D eigenvalue weighted by molar-refractivity contribution is 6.20. The van der Waals surface area contributed by atoms with Crippen molar-refractivity contribution in [1.29, 1.82) is 0 Å². The van der Waals surface area contributed by atoms with E-state index in [-0.39, 0.29) is 0 Å². The molecule has 0 N–H and O–H groups in total. The molecule has 0 radical (unpaired) electrons. The summed E-state index contributed by atoms with van der Waals surface area (Å²) in [6, 6.07) is 0. The maximum atomic E-state index is 6.23. The number of rotatable bonds is 4. The highest BCUT2D eigenvalue weighted by Gasteiger charge is 2.24. The Kier molecular flexibility index (Phi) is 5.25. The van der Waals surface area contributed by atoms with Crippen LogP contribution in [0.2, 0.25) is 0 Å². The van der Waals surface area contributed by atoms with Crippen LogP contribution >= 0.6 is 11.6 Å². The van der Waals surface area contributed by atoms with E-state index in [1.54, 1.807) is 0 Å². The second kappa shape index (κ2) is 5.97. The molecule has 1 saturated heterocycles. The molecular formula is C12H23ClO. The Bertz CT molecular complexity index is 142. The van der Waals surface area contributed by atoms with Gasteiger partial charge >= 0.3 is 0 Å². The number of ether oxygens (including phenoxy) is 1. The summed E-state index contributed by atoms with van der Waals surface area (Å²) in [5, 5.41) is 0.304. The normalized spacial score (nSPS) is 23.8. The highest BCUT2D eigenvalue weighted by Crippen LogP contribution is 2.31. The van der Waals surface area contributed by atoms with E-state index in [0.29, 0.717) is 17.2 Å². The first-order valence-electron chi connectivity index (χ1n) is 5.83. The van der Waals surface area contributed by atoms with Crippen molar-refractivity contribution in [3.05, 3.63) is 0 Å². The summed E-state index contributed by atoms with van der Waals surface area (Å²) in [5.41, 5.74) is 0. The lowest BCUT2D eigenvalue weighted by Crippen LogP contribution is -2.25. The van der Waals surface area contributed by atoms with Gasteiger partial charge in [0.2, 0.25) is 0 Å². The van der Waals surface area contributed by atoms with Crippen LogP contribution in [-0.4, -0.2) is 18.6 Å². The van der Waals surface area contributed by atoms with Crippen molar-refractivity contribution >= 4 is 11.6 Å². The van der Waals surface area contributed by atoms with Crippen LogP contribution in [0, 0.1) is 17.8 Å². The molecule has 1 rings (SSSR count). The zero-order valence-electron chi connectivity index (χ0n) is 9.63.